The van der Waals surface area contributed by atoms with Crippen LogP contribution in [0.5, 0.6) is 0 Å². The average Bonchev–Trinajstić information content (AvgIpc) is 2.47. The van der Waals surface area contributed by atoms with Gasteiger partial charge in [0.25, 0.3) is 0 Å². The van der Waals surface area contributed by atoms with Crippen LogP contribution < -0.4 is 10.9 Å². The zero-order valence-electron chi connectivity index (χ0n) is 6.59. The van der Waals surface area contributed by atoms with Crippen LogP contribution in [0.25, 0.3) is 0 Å². The summed E-state index contributed by atoms with van der Waals surface area (Å²) in [4.78, 5) is 0. The van der Waals surface area contributed by atoms with Crippen molar-refractivity contribution in [2.45, 2.75) is 19.4 Å². The minimum Gasteiger partial charge on any atom is -0.321 e. The summed E-state index contributed by atoms with van der Waals surface area (Å²) in [6.07, 6.45) is 1.13. The summed E-state index contributed by atoms with van der Waals surface area (Å²) >= 11 is 0. The van der Waals surface area contributed by atoms with Gasteiger partial charge in [0.05, 0.1) is 11.7 Å². The van der Waals surface area contributed by atoms with Gasteiger partial charge in [0.15, 0.2) is 0 Å². The number of hydrogen-bond donors (Lipinski definition) is 2. The lowest BCUT2D eigenvalue weighted by atomic mass is 10.1. The summed E-state index contributed by atoms with van der Waals surface area (Å²) < 4.78 is 0. The fourth-order valence-corrected chi connectivity index (χ4v) is 1.48. The molecule has 1 aliphatic rings. The molecule has 0 radical (unpaired) electrons. The largest absolute Gasteiger partial charge is 0.321 e. The highest BCUT2D eigenvalue weighted by atomic mass is 15.4. The molecule has 0 saturated carbocycles. The van der Waals surface area contributed by atoms with E-state index < -0.39 is 0 Å². The van der Waals surface area contributed by atoms with Gasteiger partial charge in [-0.2, -0.15) is 0 Å². The second-order valence-electron chi connectivity index (χ2n) is 2.82. The van der Waals surface area contributed by atoms with E-state index in [1.807, 2.05) is 6.07 Å². The molecular formula is C9H12N2. The maximum absolute atomic E-state index is 3.22. The molecule has 0 amide bonds. The molecule has 0 spiro atoms. The van der Waals surface area contributed by atoms with Gasteiger partial charge in [-0.3, -0.25) is 0 Å². The second kappa shape index (κ2) is 2.55. The number of rotatable bonds is 1. The Hall–Kier alpha value is -1.02. The molecule has 0 saturated heterocycles. The highest BCUT2D eigenvalue weighted by Crippen LogP contribution is 2.29. The third-order valence-electron chi connectivity index (χ3n) is 2.13. The van der Waals surface area contributed by atoms with Gasteiger partial charge in [-0.15, -0.1) is 0 Å². The lowest BCUT2D eigenvalue weighted by molar-refractivity contribution is 0.605. The van der Waals surface area contributed by atoms with Crippen molar-refractivity contribution in [3.8, 4) is 0 Å². The van der Waals surface area contributed by atoms with Crippen molar-refractivity contribution in [3.63, 3.8) is 0 Å². The Labute approximate surface area is 66.6 Å². The molecule has 1 heterocycles. The van der Waals surface area contributed by atoms with Gasteiger partial charge in [-0.1, -0.05) is 25.1 Å². The molecule has 0 bridgehead atoms. The molecule has 0 fully saturated rings. The summed E-state index contributed by atoms with van der Waals surface area (Å²) in [6.45, 7) is 2.18. The lowest BCUT2D eigenvalue weighted by Crippen LogP contribution is -2.17. The van der Waals surface area contributed by atoms with E-state index in [1.165, 1.54) is 11.3 Å². The van der Waals surface area contributed by atoms with Crippen molar-refractivity contribution in [3.05, 3.63) is 29.8 Å². The van der Waals surface area contributed by atoms with Crippen LogP contribution in [0.2, 0.25) is 0 Å². The van der Waals surface area contributed by atoms with Crippen molar-refractivity contribution >= 4 is 5.69 Å². The molecule has 1 atom stereocenters. The van der Waals surface area contributed by atoms with Gasteiger partial charge >= 0.3 is 0 Å². The maximum atomic E-state index is 3.22. The molecule has 2 heteroatoms. The maximum Gasteiger partial charge on any atom is 0.0536 e. The quantitative estimate of drug-likeness (QED) is 0.637. The number of para-hydroxylation sites is 1. The Morgan fingerprint density at radius 1 is 1.36 bits per heavy atom. The van der Waals surface area contributed by atoms with E-state index in [9.17, 15) is 0 Å². The van der Waals surface area contributed by atoms with Crippen LogP contribution in [0.4, 0.5) is 5.69 Å². The standard InChI is InChI=1S/C9H12N2/c1-2-8-7-5-3-4-6-9(7)11-10-8/h3-6,8,10-11H,2H2,1H3. The van der Waals surface area contributed by atoms with E-state index in [-0.39, 0.29) is 0 Å². The molecule has 1 aromatic carbocycles. The van der Waals surface area contributed by atoms with Gasteiger partial charge in [0, 0.05) is 0 Å². The van der Waals surface area contributed by atoms with Gasteiger partial charge in [0.1, 0.15) is 0 Å². The summed E-state index contributed by atoms with van der Waals surface area (Å²) in [7, 11) is 0. The molecule has 1 aromatic rings. The minimum atomic E-state index is 0.492. The molecule has 0 aliphatic carbocycles. The van der Waals surface area contributed by atoms with Crippen molar-refractivity contribution < 1.29 is 0 Å². The fraction of sp³-hybridized carbons (Fsp3) is 0.333. The van der Waals surface area contributed by atoms with E-state index >= 15 is 0 Å². The first-order chi connectivity index (χ1) is 5.42. The number of anilines is 1. The Morgan fingerprint density at radius 2 is 2.18 bits per heavy atom. The first-order valence-electron chi connectivity index (χ1n) is 4.02. The highest BCUT2D eigenvalue weighted by Gasteiger charge is 2.18. The SMILES string of the molecule is CCC1NNc2ccccc21. The number of benzene rings is 1. The van der Waals surface area contributed by atoms with E-state index in [0.717, 1.165) is 6.42 Å². The summed E-state index contributed by atoms with van der Waals surface area (Å²) in [5, 5.41) is 0. The second-order valence-corrected chi connectivity index (χ2v) is 2.82. The van der Waals surface area contributed by atoms with Crippen LogP contribution in [0.1, 0.15) is 24.9 Å². The van der Waals surface area contributed by atoms with Crippen molar-refractivity contribution in [2.75, 3.05) is 5.43 Å². The zero-order valence-corrected chi connectivity index (χ0v) is 6.59. The summed E-state index contributed by atoms with van der Waals surface area (Å²) in [5.41, 5.74) is 8.98. The lowest BCUT2D eigenvalue weighted by Gasteiger charge is -2.05. The van der Waals surface area contributed by atoms with Crippen molar-refractivity contribution in [1.82, 2.24) is 5.43 Å². The van der Waals surface area contributed by atoms with Crippen molar-refractivity contribution in [2.24, 2.45) is 0 Å². The van der Waals surface area contributed by atoms with Crippen LogP contribution in [0, 0.1) is 0 Å². The average molecular weight is 148 g/mol. The Morgan fingerprint density at radius 3 is 3.00 bits per heavy atom. The van der Waals surface area contributed by atoms with Crippen LogP contribution in [-0.4, -0.2) is 0 Å². The van der Waals surface area contributed by atoms with Crippen LogP contribution in [0.3, 0.4) is 0 Å². The Balaban J connectivity index is 2.39. The Kier molecular flexibility index (Phi) is 1.55. The molecule has 58 valence electrons. The van der Waals surface area contributed by atoms with Gasteiger partial charge in [0.2, 0.25) is 0 Å². The highest BCUT2D eigenvalue weighted by molar-refractivity contribution is 5.55. The Bertz CT molecular complexity index is 257. The van der Waals surface area contributed by atoms with Gasteiger partial charge < -0.3 is 5.43 Å². The van der Waals surface area contributed by atoms with Gasteiger partial charge in [-0.25, -0.2) is 5.43 Å². The zero-order chi connectivity index (χ0) is 7.68. The van der Waals surface area contributed by atoms with E-state index in [2.05, 4.69) is 36.0 Å². The third kappa shape index (κ3) is 0.994. The topological polar surface area (TPSA) is 24.1 Å². The molecular weight excluding hydrogens is 136 g/mol. The molecule has 11 heavy (non-hydrogen) atoms. The molecule has 1 unspecified atom stereocenters. The van der Waals surface area contributed by atoms with Crippen LogP contribution in [-0.2, 0) is 0 Å². The summed E-state index contributed by atoms with van der Waals surface area (Å²) in [5.74, 6) is 0. The molecule has 2 N–H and O–H groups in total. The molecule has 2 rings (SSSR count). The predicted molar refractivity (Wildman–Crippen MR) is 46.2 cm³/mol. The third-order valence-corrected chi connectivity index (χ3v) is 2.13. The minimum absolute atomic E-state index is 0.492. The monoisotopic (exact) mass is 148 g/mol. The van der Waals surface area contributed by atoms with E-state index in [1.54, 1.807) is 0 Å². The van der Waals surface area contributed by atoms with Crippen molar-refractivity contribution in [1.29, 1.82) is 0 Å². The molecule has 1 aliphatic heterocycles. The smallest absolute Gasteiger partial charge is 0.0536 e. The normalized spacial score (nSPS) is 21.0. The van der Waals surface area contributed by atoms with E-state index in [4.69, 9.17) is 0 Å². The first-order valence-corrected chi connectivity index (χ1v) is 4.02. The first kappa shape index (κ1) is 6.68. The molecule has 0 aromatic heterocycles. The van der Waals surface area contributed by atoms with Crippen LogP contribution in [0.15, 0.2) is 24.3 Å². The molecule has 2 nitrogen and oxygen atoms in total. The van der Waals surface area contributed by atoms with E-state index in [0.29, 0.717) is 6.04 Å². The van der Waals surface area contributed by atoms with Crippen LogP contribution >= 0.6 is 0 Å². The summed E-state index contributed by atoms with van der Waals surface area (Å²) in [6, 6.07) is 8.88. The fourth-order valence-electron chi connectivity index (χ4n) is 1.48. The number of hydrogen-bond acceptors (Lipinski definition) is 2. The number of nitrogens with one attached hydrogen (secondary N) is 2. The number of fused-ring (bicyclic) bond motifs is 1. The number of hydrazine groups is 1. The van der Waals surface area contributed by atoms with Gasteiger partial charge in [-0.05, 0) is 18.1 Å². The predicted octanol–water partition coefficient (Wildman–Crippen LogP) is 2.07.